The Bertz CT molecular complexity index is 1140. The molecule has 6 heteroatoms. The first-order valence-corrected chi connectivity index (χ1v) is 11.9. The molecule has 0 saturated carbocycles. The largest absolute Gasteiger partial charge is 0.508 e. The molecule has 0 aliphatic rings. The summed E-state index contributed by atoms with van der Waals surface area (Å²) in [6.07, 6.45) is 2.53. The summed E-state index contributed by atoms with van der Waals surface area (Å²) >= 11 is 0. The number of aryl methyl sites for hydroxylation is 3. The SMILES string of the molecule is CC(C)(C)NC(=O)[C@H](CCc1ccccc1)NC(=O)c1ccc(N)c(CCc2ccc(O)cc2)c1. The zero-order chi connectivity index (χ0) is 25.4. The van der Waals surface area contributed by atoms with Crippen LogP contribution in [0.3, 0.4) is 0 Å². The molecule has 0 radical (unpaired) electrons. The van der Waals surface area contributed by atoms with Crippen LogP contribution in [0.1, 0.15) is 54.2 Å². The van der Waals surface area contributed by atoms with Crippen LogP contribution in [0.25, 0.3) is 0 Å². The van der Waals surface area contributed by atoms with Crippen molar-refractivity contribution < 1.29 is 14.7 Å². The molecule has 2 amide bonds. The first kappa shape index (κ1) is 25.8. The number of phenolic OH excluding ortho intramolecular Hbond substituents is 1. The summed E-state index contributed by atoms with van der Waals surface area (Å²) in [7, 11) is 0. The lowest BCUT2D eigenvalue weighted by atomic mass is 9.99. The summed E-state index contributed by atoms with van der Waals surface area (Å²) in [4.78, 5) is 26.1. The van der Waals surface area contributed by atoms with Crippen LogP contribution in [0.2, 0.25) is 0 Å². The molecule has 0 aliphatic heterocycles. The van der Waals surface area contributed by atoms with Gasteiger partial charge in [-0.2, -0.15) is 0 Å². The van der Waals surface area contributed by atoms with Crippen molar-refractivity contribution >= 4 is 17.5 Å². The predicted molar refractivity (Wildman–Crippen MR) is 140 cm³/mol. The number of amides is 2. The molecule has 6 nitrogen and oxygen atoms in total. The number of nitrogens with two attached hydrogens (primary N) is 1. The number of anilines is 1. The van der Waals surface area contributed by atoms with E-state index in [4.69, 9.17) is 5.73 Å². The van der Waals surface area contributed by atoms with E-state index in [0.29, 0.717) is 30.5 Å². The van der Waals surface area contributed by atoms with Crippen molar-refractivity contribution in [3.05, 3.63) is 95.1 Å². The topological polar surface area (TPSA) is 104 Å². The minimum atomic E-state index is -0.667. The van der Waals surface area contributed by atoms with Crippen LogP contribution < -0.4 is 16.4 Å². The molecular weight excluding hydrogens is 438 g/mol. The van der Waals surface area contributed by atoms with E-state index in [1.165, 1.54) is 0 Å². The van der Waals surface area contributed by atoms with E-state index >= 15 is 0 Å². The Labute approximate surface area is 207 Å². The summed E-state index contributed by atoms with van der Waals surface area (Å²) in [6, 6.07) is 21.5. The normalized spacial score (nSPS) is 12.1. The Morgan fingerprint density at radius 2 is 1.54 bits per heavy atom. The molecule has 3 aromatic rings. The second-order valence-electron chi connectivity index (χ2n) is 9.87. The summed E-state index contributed by atoms with van der Waals surface area (Å²) in [5.74, 6) is -0.285. The number of aromatic hydroxyl groups is 1. The van der Waals surface area contributed by atoms with Crippen molar-refractivity contribution in [2.24, 2.45) is 0 Å². The number of rotatable bonds is 9. The van der Waals surface area contributed by atoms with Gasteiger partial charge in [-0.15, -0.1) is 0 Å². The van der Waals surface area contributed by atoms with Crippen molar-refractivity contribution in [2.75, 3.05) is 5.73 Å². The lowest BCUT2D eigenvalue weighted by Gasteiger charge is -2.25. The van der Waals surface area contributed by atoms with Gasteiger partial charge in [-0.1, -0.05) is 42.5 Å². The van der Waals surface area contributed by atoms with E-state index in [1.807, 2.05) is 63.2 Å². The Balaban J connectivity index is 1.71. The molecule has 0 aliphatic carbocycles. The van der Waals surface area contributed by atoms with Gasteiger partial charge in [0, 0.05) is 16.8 Å². The number of carbonyl (C=O) groups excluding carboxylic acids is 2. The highest BCUT2D eigenvalue weighted by atomic mass is 16.3. The van der Waals surface area contributed by atoms with Gasteiger partial charge in [0.1, 0.15) is 11.8 Å². The summed E-state index contributed by atoms with van der Waals surface area (Å²) in [5, 5.41) is 15.4. The standard InChI is InChI=1S/C29H35N3O3/c1-29(2,3)32-28(35)26(18-12-20-7-5-4-6-8-20)31-27(34)23-14-17-25(30)22(19-23)13-9-21-10-15-24(33)16-11-21/h4-8,10-11,14-17,19,26,33H,9,12-13,18,30H2,1-3H3,(H,31,34)(H,32,35)/t26-/m0/s1. The number of hydrogen-bond donors (Lipinski definition) is 4. The molecule has 0 unspecified atom stereocenters. The molecular formula is C29H35N3O3. The van der Waals surface area contributed by atoms with Crippen LogP contribution >= 0.6 is 0 Å². The van der Waals surface area contributed by atoms with Gasteiger partial charge in [0.25, 0.3) is 5.91 Å². The maximum atomic E-state index is 13.2. The van der Waals surface area contributed by atoms with Crippen LogP contribution in [0, 0.1) is 0 Å². The third-order valence-electron chi connectivity index (χ3n) is 5.71. The maximum absolute atomic E-state index is 13.2. The van der Waals surface area contributed by atoms with Gasteiger partial charge in [-0.3, -0.25) is 9.59 Å². The lowest BCUT2D eigenvalue weighted by molar-refractivity contribution is -0.124. The zero-order valence-electron chi connectivity index (χ0n) is 20.7. The van der Waals surface area contributed by atoms with Gasteiger partial charge < -0.3 is 21.5 Å². The van der Waals surface area contributed by atoms with E-state index in [0.717, 1.165) is 23.1 Å². The highest BCUT2D eigenvalue weighted by molar-refractivity contribution is 5.98. The van der Waals surface area contributed by atoms with Gasteiger partial charge >= 0.3 is 0 Å². The molecule has 3 rings (SSSR count). The van der Waals surface area contributed by atoms with E-state index in [9.17, 15) is 14.7 Å². The number of benzene rings is 3. The molecule has 184 valence electrons. The molecule has 3 aromatic carbocycles. The summed E-state index contributed by atoms with van der Waals surface area (Å²) in [5.41, 5.74) is 9.89. The average molecular weight is 474 g/mol. The zero-order valence-corrected chi connectivity index (χ0v) is 20.7. The Morgan fingerprint density at radius 1 is 0.886 bits per heavy atom. The number of hydrogen-bond acceptors (Lipinski definition) is 4. The molecule has 5 N–H and O–H groups in total. The molecule has 0 fully saturated rings. The van der Waals surface area contributed by atoms with E-state index in [2.05, 4.69) is 10.6 Å². The third kappa shape index (κ3) is 8.18. The monoisotopic (exact) mass is 473 g/mol. The highest BCUT2D eigenvalue weighted by Gasteiger charge is 2.25. The number of nitrogens with one attached hydrogen (secondary N) is 2. The molecule has 35 heavy (non-hydrogen) atoms. The number of carbonyl (C=O) groups is 2. The van der Waals surface area contributed by atoms with Crippen LogP contribution in [0.15, 0.2) is 72.8 Å². The number of phenols is 1. The van der Waals surface area contributed by atoms with Gasteiger partial charge in [0.2, 0.25) is 5.91 Å². The van der Waals surface area contributed by atoms with Crippen LogP contribution in [-0.2, 0) is 24.1 Å². The van der Waals surface area contributed by atoms with Crippen LogP contribution in [0.4, 0.5) is 5.69 Å². The highest BCUT2D eigenvalue weighted by Crippen LogP contribution is 2.19. The van der Waals surface area contributed by atoms with E-state index in [-0.39, 0.29) is 17.6 Å². The number of nitrogen functional groups attached to an aromatic ring is 1. The van der Waals surface area contributed by atoms with E-state index in [1.54, 1.807) is 30.3 Å². The first-order chi connectivity index (χ1) is 16.6. The van der Waals surface area contributed by atoms with Crippen molar-refractivity contribution in [3.8, 4) is 5.75 Å². The van der Waals surface area contributed by atoms with Gasteiger partial charge in [0.15, 0.2) is 0 Å². The lowest BCUT2D eigenvalue weighted by Crippen LogP contribution is -2.52. The molecule has 1 atom stereocenters. The summed E-state index contributed by atoms with van der Waals surface area (Å²) < 4.78 is 0. The van der Waals surface area contributed by atoms with Gasteiger partial charge in [-0.05, 0) is 93.5 Å². The fraction of sp³-hybridized carbons (Fsp3) is 0.310. The van der Waals surface area contributed by atoms with Crippen LogP contribution in [0.5, 0.6) is 5.75 Å². The minimum absolute atomic E-state index is 0.204. The second kappa shape index (κ2) is 11.6. The minimum Gasteiger partial charge on any atom is -0.508 e. The predicted octanol–water partition coefficient (Wildman–Crippen LogP) is 4.41. The first-order valence-electron chi connectivity index (χ1n) is 11.9. The van der Waals surface area contributed by atoms with Crippen LogP contribution in [-0.4, -0.2) is 28.5 Å². The van der Waals surface area contributed by atoms with Gasteiger partial charge in [-0.25, -0.2) is 0 Å². The molecule has 0 spiro atoms. The average Bonchev–Trinajstić information content (AvgIpc) is 2.81. The summed E-state index contributed by atoms with van der Waals surface area (Å²) in [6.45, 7) is 5.75. The molecule has 0 aromatic heterocycles. The van der Waals surface area contributed by atoms with Gasteiger partial charge in [0.05, 0.1) is 0 Å². The smallest absolute Gasteiger partial charge is 0.251 e. The molecule has 0 saturated heterocycles. The maximum Gasteiger partial charge on any atom is 0.251 e. The van der Waals surface area contributed by atoms with Crippen molar-refractivity contribution in [2.45, 2.75) is 58.0 Å². The van der Waals surface area contributed by atoms with Crippen molar-refractivity contribution in [1.82, 2.24) is 10.6 Å². The van der Waals surface area contributed by atoms with Crippen molar-refractivity contribution in [3.63, 3.8) is 0 Å². The Kier molecular flexibility index (Phi) is 8.53. The fourth-order valence-corrected chi connectivity index (χ4v) is 3.83. The van der Waals surface area contributed by atoms with Crippen molar-refractivity contribution in [1.29, 1.82) is 0 Å². The third-order valence-corrected chi connectivity index (χ3v) is 5.71. The van der Waals surface area contributed by atoms with E-state index < -0.39 is 11.6 Å². The quantitative estimate of drug-likeness (QED) is 0.346. The molecule has 0 bridgehead atoms. The second-order valence-corrected chi connectivity index (χ2v) is 9.87. The molecule has 0 heterocycles. The fourth-order valence-electron chi connectivity index (χ4n) is 3.83. The Hall–Kier alpha value is -3.80. The Morgan fingerprint density at radius 3 is 2.20 bits per heavy atom.